The highest BCUT2D eigenvalue weighted by molar-refractivity contribution is 6.30. The summed E-state index contributed by atoms with van der Waals surface area (Å²) < 4.78 is 0. The number of nitrogens with zero attached hydrogens (tertiary/aromatic N) is 1. The van der Waals surface area contributed by atoms with Gasteiger partial charge in [-0.05, 0) is 24.3 Å². The third kappa shape index (κ3) is 5.07. The minimum absolute atomic E-state index is 0.0665. The highest BCUT2D eigenvalue weighted by Crippen LogP contribution is 2.12. The number of nitrogens with one attached hydrogen (secondary N) is 2. The van der Waals surface area contributed by atoms with Crippen molar-refractivity contribution < 1.29 is 10.0 Å². The Kier molecular flexibility index (Phi) is 5.09. The number of hydrogen-bond acceptors (Lipinski definition) is 3. The lowest BCUT2D eigenvalue weighted by atomic mass is 10.3. The molecule has 0 saturated heterocycles. The van der Waals surface area contributed by atoms with Gasteiger partial charge in [-0.1, -0.05) is 16.8 Å². The Balaban J connectivity index is 2.32. The number of amides is 2. The van der Waals surface area contributed by atoms with Crippen LogP contribution in [0.25, 0.3) is 0 Å². The first-order chi connectivity index (χ1) is 8.11. The minimum Gasteiger partial charge on any atom is -0.409 e. The second kappa shape index (κ2) is 6.59. The van der Waals surface area contributed by atoms with Crippen molar-refractivity contribution >= 4 is 29.2 Å². The molecule has 0 aliphatic rings. The van der Waals surface area contributed by atoms with Crippen molar-refractivity contribution in [1.82, 2.24) is 5.32 Å². The summed E-state index contributed by atoms with van der Waals surface area (Å²) in [4.78, 5) is 11.4. The Morgan fingerprint density at radius 3 is 2.65 bits per heavy atom. The Morgan fingerprint density at radius 2 is 2.06 bits per heavy atom. The van der Waals surface area contributed by atoms with E-state index in [-0.39, 0.29) is 24.8 Å². The predicted octanol–water partition coefficient (Wildman–Crippen LogP) is 1.60. The predicted molar refractivity (Wildman–Crippen MR) is 66.5 cm³/mol. The van der Waals surface area contributed by atoms with Crippen molar-refractivity contribution in [2.24, 2.45) is 10.9 Å². The topological polar surface area (TPSA) is 99.7 Å². The van der Waals surface area contributed by atoms with E-state index in [1.807, 2.05) is 0 Å². The molecule has 0 atom stereocenters. The third-order valence-electron chi connectivity index (χ3n) is 1.90. The van der Waals surface area contributed by atoms with E-state index in [0.29, 0.717) is 10.7 Å². The van der Waals surface area contributed by atoms with Crippen LogP contribution in [0.3, 0.4) is 0 Å². The summed E-state index contributed by atoms with van der Waals surface area (Å²) in [7, 11) is 0. The van der Waals surface area contributed by atoms with Crippen LogP contribution in [0.5, 0.6) is 0 Å². The Hall–Kier alpha value is -1.95. The van der Waals surface area contributed by atoms with Crippen LogP contribution in [-0.4, -0.2) is 23.6 Å². The van der Waals surface area contributed by atoms with Crippen LogP contribution in [0.15, 0.2) is 29.4 Å². The number of benzene rings is 1. The van der Waals surface area contributed by atoms with Crippen LogP contribution in [-0.2, 0) is 0 Å². The number of anilines is 1. The SMILES string of the molecule is NC(CCNC(=O)Nc1ccc(Cl)cc1)=NO. The lowest BCUT2D eigenvalue weighted by molar-refractivity contribution is 0.252. The fraction of sp³-hybridized carbons (Fsp3) is 0.200. The molecule has 0 spiro atoms. The van der Waals surface area contributed by atoms with E-state index in [1.165, 1.54) is 0 Å². The highest BCUT2D eigenvalue weighted by Gasteiger charge is 2.01. The summed E-state index contributed by atoms with van der Waals surface area (Å²) in [6, 6.07) is 6.36. The molecule has 1 aromatic rings. The summed E-state index contributed by atoms with van der Waals surface area (Å²) in [6.45, 7) is 0.287. The van der Waals surface area contributed by atoms with E-state index in [1.54, 1.807) is 24.3 Å². The molecule has 0 aliphatic heterocycles. The number of rotatable bonds is 4. The maximum absolute atomic E-state index is 11.4. The molecule has 0 saturated carbocycles. The molecule has 92 valence electrons. The summed E-state index contributed by atoms with van der Waals surface area (Å²) in [5, 5.41) is 16.8. The number of amidine groups is 1. The van der Waals surface area contributed by atoms with Crippen molar-refractivity contribution in [1.29, 1.82) is 0 Å². The van der Waals surface area contributed by atoms with Gasteiger partial charge >= 0.3 is 6.03 Å². The largest absolute Gasteiger partial charge is 0.409 e. The second-order valence-corrected chi connectivity index (χ2v) is 3.67. The van der Waals surface area contributed by atoms with E-state index in [9.17, 15) is 4.79 Å². The number of carbonyl (C=O) groups is 1. The molecule has 1 aromatic carbocycles. The molecular formula is C10H13ClN4O2. The molecule has 5 N–H and O–H groups in total. The number of urea groups is 1. The van der Waals surface area contributed by atoms with Gasteiger partial charge in [-0.15, -0.1) is 0 Å². The summed E-state index contributed by atoms with van der Waals surface area (Å²) in [5.74, 6) is 0.0665. The van der Waals surface area contributed by atoms with Gasteiger partial charge in [0.05, 0.1) is 0 Å². The monoisotopic (exact) mass is 256 g/mol. The van der Waals surface area contributed by atoms with Crippen LogP contribution in [0, 0.1) is 0 Å². The van der Waals surface area contributed by atoms with Crippen molar-refractivity contribution in [2.75, 3.05) is 11.9 Å². The zero-order valence-corrected chi connectivity index (χ0v) is 9.74. The van der Waals surface area contributed by atoms with Gasteiger partial charge in [-0.25, -0.2) is 4.79 Å². The van der Waals surface area contributed by atoms with Gasteiger partial charge in [-0.3, -0.25) is 0 Å². The van der Waals surface area contributed by atoms with E-state index >= 15 is 0 Å². The molecule has 7 heteroatoms. The number of oxime groups is 1. The standard InChI is InChI=1S/C10H13ClN4O2/c11-7-1-3-8(4-2-7)14-10(16)13-6-5-9(12)15-17/h1-4,17H,5-6H2,(H2,12,15)(H2,13,14,16). The van der Waals surface area contributed by atoms with Crippen LogP contribution in [0.1, 0.15) is 6.42 Å². The average Bonchev–Trinajstić information content (AvgIpc) is 2.32. The van der Waals surface area contributed by atoms with Crippen LogP contribution >= 0.6 is 11.6 Å². The zero-order valence-electron chi connectivity index (χ0n) is 8.98. The molecule has 1 rings (SSSR count). The first-order valence-corrected chi connectivity index (χ1v) is 5.26. The summed E-state index contributed by atoms with van der Waals surface area (Å²) >= 11 is 5.70. The quantitative estimate of drug-likeness (QED) is 0.285. The van der Waals surface area contributed by atoms with E-state index in [0.717, 1.165) is 0 Å². The second-order valence-electron chi connectivity index (χ2n) is 3.23. The Labute approximate surface area is 103 Å². The fourth-order valence-electron chi connectivity index (χ4n) is 1.06. The Bertz CT molecular complexity index is 405. The molecule has 0 aromatic heterocycles. The molecule has 2 amide bonds. The summed E-state index contributed by atoms with van der Waals surface area (Å²) in [6.07, 6.45) is 0.282. The third-order valence-corrected chi connectivity index (χ3v) is 2.15. The number of carbonyl (C=O) groups excluding carboxylic acids is 1. The molecule has 0 aliphatic carbocycles. The van der Waals surface area contributed by atoms with Gasteiger partial charge in [-0.2, -0.15) is 0 Å². The van der Waals surface area contributed by atoms with E-state index in [2.05, 4.69) is 15.8 Å². The van der Waals surface area contributed by atoms with Crippen LogP contribution in [0.2, 0.25) is 5.02 Å². The zero-order chi connectivity index (χ0) is 12.7. The van der Waals surface area contributed by atoms with Gasteiger partial charge < -0.3 is 21.6 Å². The van der Waals surface area contributed by atoms with Crippen molar-refractivity contribution in [3.8, 4) is 0 Å². The molecule has 0 unspecified atom stereocenters. The first-order valence-electron chi connectivity index (χ1n) is 4.88. The number of hydrogen-bond donors (Lipinski definition) is 4. The van der Waals surface area contributed by atoms with E-state index in [4.69, 9.17) is 22.5 Å². The fourth-order valence-corrected chi connectivity index (χ4v) is 1.19. The molecule has 17 heavy (non-hydrogen) atoms. The van der Waals surface area contributed by atoms with Gasteiger partial charge in [0, 0.05) is 23.7 Å². The van der Waals surface area contributed by atoms with Crippen LogP contribution in [0.4, 0.5) is 10.5 Å². The minimum atomic E-state index is -0.363. The maximum atomic E-state index is 11.4. The van der Waals surface area contributed by atoms with Crippen LogP contribution < -0.4 is 16.4 Å². The number of halogens is 1. The molecule has 6 nitrogen and oxygen atoms in total. The maximum Gasteiger partial charge on any atom is 0.319 e. The molecule has 0 fully saturated rings. The number of nitrogens with two attached hydrogens (primary N) is 1. The Morgan fingerprint density at radius 1 is 1.41 bits per heavy atom. The van der Waals surface area contributed by atoms with Gasteiger partial charge in [0.1, 0.15) is 5.84 Å². The summed E-state index contributed by atoms with van der Waals surface area (Å²) in [5.41, 5.74) is 5.88. The molecule has 0 bridgehead atoms. The molecule has 0 heterocycles. The van der Waals surface area contributed by atoms with Crippen molar-refractivity contribution in [3.63, 3.8) is 0 Å². The first kappa shape index (κ1) is 13.1. The molecular weight excluding hydrogens is 244 g/mol. The normalized spacial score (nSPS) is 11.0. The lowest BCUT2D eigenvalue weighted by Crippen LogP contribution is -2.31. The van der Waals surface area contributed by atoms with Gasteiger partial charge in [0.2, 0.25) is 0 Å². The smallest absolute Gasteiger partial charge is 0.319 e. The lowest BCUT2D eigenvalue weighted by Gasteiger charge is -2.06. The van der Waals surface area contributed by atoms with Crippen molar-refractivity contribution in [2.45, 2.75) is 6.42 Å². The van der Waals surface area contributed by atoms with Gasteiger partial charge in [0.25, 0.3) is 0 Å². The average molecular weight is 257 g/mol. The van der Waals surface area contributed by atoms with E-state index < -0.39 is 0 Å². The van der Waals surface area contributed by atoms with Crippen molar-refractivity contribution in [3.05, 3.63) is 29.3 Å². The molecule has 0 radical (unpaired) electrons. The van der Waals surface area contributed by atoms with Gasteiger partial charge in [0.15, 0.2) is 0 Å². The highest BCUT2D eigenvalue weighted by atomic mass is 35.5.